The van der Waals surface area contributed by atoms with Gasteiger partial charge in [-0.25, -0.2) is 10.2 Å². The summed E-state index contributed by atoms with van der Waals surface area (Å²) in [5, 5.41) is 3.93. The van der Waals surface area contributed by atoms with Crippen molar-refractivity contribution < 1.29 is 18.7 Å². The van der Waals surface area contributed by atoms with Gasteiger partial charge in [-0.2, -0.15) is 5.10 Å². The summed E-state index contributed by atoms with van der Waals surface area (Å²) < 4.78 is 10.3. The first-order valence-corrected chi connectivity index (χ1v) is 8.58. The third-order valence-electron chi connectivity index (χ3n) is 3.64. The lowest BCUT2D eigenvalue weighted by atomic mass is 10.1. The van der Waals surface area contributed by atoms with Gasteiger partial charge in [-0.1, -0.05) is 30.3 Å². The summed E-state index contributed by atoms with van der Waals surface area (Å²) >= 11 is 0. The summed E-state index contributed by atoms with van der Waals surface area (Å²) in [4.78, 5) is 23.6. The molecule has 0 atom stereocenters. The summed E-state index contributed by atoms with van der Waals surface area (Å²) in [5.74, 6) is 0.263. The van der Waals surface area contributed by atoms with E-state index in [0.717, 1.165) is 11.1 Å². The third-order valence-corrected chi connectivity index (χ3v) is 3.64. The normalized spacial score (nSPS) is 11.0. The second-order valence-corrected chi connectivity index (χ2v) is 5.79. The molecule has 0 bridgehead atoms. The number of nitrogens with zero attached hydrogens (tertiary/aromatic N) is 1. The molecule has 6 nitrogen and oxygen atoms in total. The van der Waals surface area contributed by atoms with Gasteiger partial charge >= 0.3 is 5.97 Å². The van der Waals surface area contributed by atoms with E-state index in [-0.39, 0.29) is 12.3 Å². The quantitative estimate of drug-likeness (QED) is 0.225. The molecular formula is C22H18N2O4. The molecule has 0 radical (unpaired) electrons. The maximum atomic E-state index is 11.8. The summed E-state index contributed by atoms with van der Waals surface area (Å²) in [7, 11) is 0. The number of hydrogen-bond acceptors (Lipinski definition) is 5. The number of nitrogens with one attached hydrogen (secondary N) is 1. The molecule has 0 saturated carbocycles. The zero-order chi connectivity index (χ0) is 19.6. The maximum absolute atomic E-state index is 11.8. The number of ether oxygens (including phenoxy) is 1. The van der Waals surface area contributed by atoms with Gasteiger partial charge in [-0.15, -0.1) is 0 Å². The van der Waals surface area contributed by atoms with Crippen molar-refractivity contribution in [2.24, 2.45) is 5.10 Å². The van der Waals surface area contributed by atoms with Crippen molar-refractivity contribution in [3.63, 3.8) is 0 Å². The molecule has 0 unspecified atom stereocenters. The van der Waals surface area contributed by atoms with E-state index in [4.69, 9.17) is 9.15 Å². The van der Waals surface area contributed by atoms with Gasteiger partial charge in [0, 0.05) is 6.08 Å². The summed E-state index contributed by atoms with van der Waals surface area (Å²) in [6, 6.07) is 19.6. The second kappa shape index (κ2) is 9.68. The van der Waals surface area contributed by atoms with Crippen LogP contribution >= 0.6 is 0 Å². The van der Waals surface area contributed by atoms with E-state index in [2.05, 4.69) is 10.5 Å². The first-order valence-electron chi connectivity index (χ1n) is 8.58. The van der Waals surface area contributed by atoms with Gasteiger partial charge in [0.1, 0.15) is 11.5 Å². The molecule has 1 N–H and O–H groups in total. The van der Waals surface area contributed by atoms with Crippen LogP contribution in [0.4, 0.5) is 0 Å². The lowest BCUT2D eigenvalue weighted by molar-refractivity contribution is -0.129. The van der Waals surface area contributed by atoms with Crippen molar-refractivity contribution in [1.82, 2.24) is 5.43 Å². The van der Waals surface area contributed by atoms with E-state index in [0.29, 0.717) is 11.5 Å². The average molecular weight is 374 g/mol. The first kappa shape index (κ1) is 18.8. The van der Waals surface area contributed by atoms with Crippen molar-refractivity contribution in [3.05, 3.63) is 96.0 Å². The van der Waals surface area contributed by atoms with Crippen LogP contribution in [0.3, 0.4) is 0 Å². The minimum Gasteiger partial charge on any atom is -0.465 e. The Morgan fingerprint density at radius 2 is 1.79 bits per heavy atom. The number of esters is 1. The molecule has 28 heavy (non-hydrogen) atoms. The van der Waals surface area contributed by atoms with Crippen LogP contribution in [0.15, 0.2) is 88.6 Å². The fourth-order valence-electron chi connectivity index (χ4n) is 2.31. The van der Waals surface area contributed by atoms with Gasteiger partial charge < -0.3 is 9.15 Å². The third kappa shape index (κ3) is 6.10. The van der Waals surface area contributed by atoms with Crippen molar-refractivity contribution in [3.8, 4) is 5.75 Å². The molecule has 0 aliphatic carbocycles. The number of carbonyl (C=O) groups excluding carboxylic acids is 2. The molecule has 0 aliphatic heterocycles. The fourth-order valence-corrected chi connectivity index (χ4v) is 2.31. The van der Waals surface area contributed by atoms with Crippen LogP contribution < -0.4 is 10.2 Å². The topological polar surface area (TPSA) is 80.9 Å². The van der Waals surface area contributed by atoms with Crippen LogP contribution in [-0.4, -0.2) is 18.1 Å². The average Bonchev–Trinajstić information content (AvgIpc) is 3.22. The number of hydrogen-bond donors (Lipinski definition) is 1. The molecule has 0 saturated heterocycles. The number of furan rings is 1. The molecule has 3 aromatic rings. The number of hydrazone groups is 1. The SMILES string of the molecule is O=C(Cc1ccccc1)N/N=C/c1ccc(OC(=O)/C=C\c2ccco2)cc1. The van der Waals surface area contributed by atoms with E-state index in [1.54, 1.807) is 36.4 Å². The zero-order valence-corrected chi connectivity index (χ0v) is 14.9. The molecule has 2 aromatic carbocycles. The van der Waals surface area contributed by atoms with Crippen LogP contribution in [0.25, 0.3) is 6.08 Å². The minimum absolute atomic E-state index is 0.198. The first-order chi connectivity index (χ1) is 13.7. The van der Waals surface area contributed by atoms with Crippen molar-refractivity contribution in [2.75, 3.05) is 0 Å². The van der Waals surface area contributed by atoms with E-state index in [1.807, 2.05) is 30.3 Å². The van der Waals surface area contributed by atoms with Gasteiger partial charge in [-0.05, 0) is 53.6 Å². The molecule has 6 heteroatoms. The lowest BCUT2D eigenvalue weighted by Gasteiger charge is -2.02. The number of rotatable bonds is 7. The highest BCUT2D eigenvalue weighted by Gasteiger charge is 2.02. The van der Waals surface area contributed by atoms with Crippen LogP contribution in [0, 0.1) is 0 Å². The Bertz CT molecular complexity index is 960. The lowest BCUT2D eigenvalue weighted by Crippen LogP contribution is -2.19. The predicted molar refractivity (Wildman–Crippen MR) is 106 cm³/mol. The standard InChI is InChI=1S/C22H18N2O4/c25-21(15-17-5-2-1-3-6-17)24-23-16-18-8-10-20(11-9-18)28-22(26)13-12-19-7-4-14-27-19/h1-14,16H,15H2,(H,24,25)/b13-12-,23-16+. The molecule has 1 aromatic heterocycles. The van der Waals surface area contributed by atoms with Gasteiger partial charge in [-0.3, -0.25) is 4.79 Å². The highest BCUT2D eigenvalue weighted by atomic mass is 16.5. The van der Waals surface area contributed by atoms with Crippen molar-refractivity contribution in [1.29, 1.82) is 0 Å². The van der Waals surface area contributed by atoms with Gasteiger partial charge in [0.05, 0.1) is 18.9 Å². The Hall–Kier alpha value is -3.93. The van der Waals surface area contributed by atoms with Crippen LogP contribution in [0.5, 0.6) is 5.75 Å². The fraction of sp³-hybridized carbons (Fsp3) is 0.0455. The van der Waals surface area contributed by atoms with Crippen LogP contribution in [0.1, 0.15) is 16.9 Å². The largest absolute Gasteiger partial charge is 0.465 e. The number of amides is 1. The second-order valence-electron chi connectivity index (χ2n) is 5.79. The Morgan fingerprint density at radius 1 is 1.00 bits per heavy atom. The van der Waals surface area contributed by atoms with E-state index in [1.165, 1.54) is 24.6 Å². The van der Waals surface area contributed by atoms with E-state index in [9.17, 15) is 9.59 Å². The predicted octanol–water partition coefficient (Wildman–Crippen LogP) is 3.59. The Labute approximate surface area is 162 Å². The van der Waals surface area contributed by atoms with E-state index < -0.39 is 5.97 Å². The molecule has 0 aliphatic rings. The maximum Gasteiger partial charge on any atom is 0.336 e. The highest BCUT2D eigenvalue weighted by molar-refractivity contribution is 5.88. The molecule has 3 rings (SSSR count). The Morgan fingerprint density at radius 3 is 2.50 bits per heavy atom. The van der Waals surface area contributed by atoms with Gasteiger partial charge in [0.25, 0.3) is 0 Å². The van der Waals surface area contributed by atoms with Crippen molar-refractivity contribution >= 4 is 24.2 Å². The van der Waals surface area contributed by atoms with Gasteiger partial charge in [0.15, 0.2) is 0 Å². The number of carbonyl (C=O) groups is 2. The number of benzene rings is 2. The Balaban J connectivity index is 1.46. The summed E-state index contributed by atoms with van der Waals surface area (Å²) in [5.41, 5.74) is 4.16. The Kier molecular flexibility index (Phi) is 6.52. The molecule has 0 fully saturated rings. The monoisotopic (exact) mass is 374 g/mol. The molecule has 0 spiro atoms. The molecule has 140 valence electrons. The molecular weight excluding hydrogens is 356 g/mol. The van der Waals surface area contributed by atoms with Crippen molar-refractivity contribution in [2.45, 2.75) is 6.42 Å². The smallest absolute Gasteiger partial charge is 0.336 e. The minimum atomic E-state index is -0.508. The molecule has 1 amide bonds. The van der Waals surface area contributed by atoms with Crippen LogP contribution in [0.2, 0.25) is 0 Å². The van der Waals surface area contributed by atoms with Crippen LogP contribution in [-0.2, 0) is 16.0 Å². The summed E-state index contributed by atoms with van der Waals surface area (Å²) in [6.45, 7) is 0. The van der Waals surface area contributed by atoms with Gasteiger partial charge in [0.2, 0.25) is 5.91 Å². The highest BCUT2D eigenvalue weighted by Crippen LogP contribution is 2.12. The summed E-state index contributed by atoms with van der Waals surface area (Å²) in [6.07, 6.45) is 6.12. The van der Waals surface area contributed by atoms with E-state index >= 15 is 0 Å². The molecule has 1 heterocycles. The zero-order valence-electron chi connectivity index (χ0n) is 14.9.